The zero-order valence-corrected chi connectivity index (χ0v) is 27.4. The number of para-hydroxylation sites is 1. The van der Waals surface area contributed by atoms with Gasteiger partial charge >= 0.3 is 0 Å². The highest BCUT2D eigenvalue weighted by atomic mass is 32.1. The summed E-state index contributed by atoms with van der Waals surface area (Å²) in [5, 5.41) is 5.13. The van der Waals surface area contributed by atoms with Crippen LogP contribution in [-0.4, -0.2) is 0 Å². The second-order valence-electron chi connectivity index (χ2n) is 13.2. The molecule has 0 fully saturated rings. The predicted molar refractivity (Wildman–Crippen MR) is 208 cm³/mol. The van der Waals surface area contributed by atoms with Gasteiger partial charge in [0.2, 0.25) is 0 Å². The Morgan fingerprint density at radius 1 is 0.408 bits per heavy atom. The largest absolute Gasteiger partial charge is 0.310 e. The molecule has 0 radical (unpaired) electrons. The fourth-order valence-electron chi connectivity index (χ4n) is 8.94. The van der Waals surface area contributed by atoms with Gasteiger partial charge in [-0.2, -0.15) is 0 Å². The fourth-order valence-corrected chi connectivity index (χ4v) is 10.2. The first-order valence-electron chi connectivity index (χ1n) is 16.9. The lowest BCUT2D eigenvalue weighted by molar-refractivity contribution is 0.794. The minimum atomic E-state index is -0.391. The third-order valence-corrected chi connectivity index (χ3v) is 12.1. The van der Waals surface area contributed by atoms with E-state index in [0.717, 1.165) is 11.4 Å². The number of rotatable bonds is 3. The van der Waals surface area contributed by atoms with Gasteiger partial charge in [0.05, 0.1) is 11.1 Å². The van der Waals surface area contributed by atoms with Crippen molar-refractivity contribution in [3.8, 4) is 22.3 Å². The van der Waals surface area contributed by atoms with Gasteiger partial charge in [-0.1, -0.05) is 140 Å². The van der Waals surface area contributed by atoms with E-state index in [9.17, 15) is 0 Å². The lowest BCUT2D eigenvalue weighted by Gasteiger charge is -2.31. The van der Waals surface area contributed by atoms with Crippen LogP contribution in [0.5, 0.6) is 0 Å². The van der Waals surface area contributed by atoms with Crippen molar-refractivity contribution in [3.05, 3.63) is 198 Å². The summed E-state index contributed by atoms with van der Waals surface area (Å²) in [7, 11) is 0. The van der Waals surface area contributed by atoms with Crippen LogP contribution in [-0.2, 0) is 5.41 Å². The molecule has 2 aliphatic carbocycles. The highest BCUT2D eigenvalue weighted by Crippen LogP contribution is 2.65. The van der Waals surface area contributed by atoms with Crippen LogP contribution in [0.3, 0.4) is 0 Å². The molecule has 2 heteroatoms. The number of fused-ring (bicyclic) bond motifs is 15. The second kappa shape index (κ2) is 10.0. The summed E-state index contributed by atoms with van der Waals surface area (Å²) in [6, 6.07) is 65.3. The topological polar surface area (TPSA) is 3.24 Å². The molecule has 0 atom stereocenters. The maximum Gasteiger partial charge on any atom is 0.0726 e. The Kier molecular flexibility index (Phi) is 5.53. The smallest absolute Gasteiger partial charge is 0.0726 e. The van der Waals surface area contributed by atoms with Gasteiger partial charge < -0.3 is 4.90 Å². The summed E-state index contributed by atoms with van der Waals surface area (Å²) in [4.78, 5) is 2.44. The molecular formula is C47H29NS. The Labute approximate surface area is 289 Å². The molecule has 228 valence electrons. The lowest BCUT2D eigenvalue weighted by atomic mass is 9.70. The SMILES string of the molecule is c1ccc(N(c2ccc3c(c2)-c2c(ccc4c2sc2ccccc24)C32c3ccccc3-c3ccccc32)c2cccc3ccccc23)cc1. The van der Waals surface area contributed by atoms with E-state index in [1.165, 1.54) is 81.1 Å². The van der Waals surface area contributed by atoms with Gasteiger partial charge in [-0.25, -0.2) is 0 Å². The number of thiophene rings is 1. The van der Waals surface area contributed by atoms with E-state index in [1.54, 1.807) is 0 Å². The molecular weight excluding hydrogens is 611 g/mol. The van der Waals surface area contributed by atoms with Crippen molar-refractivity contribution in [2.75, 3.05) is 4.90 Å². The molecule has 9 aromatic rings. The summed E-state index contributed by atoms with van der Waals surface area (Å²) in [5.41, 5.74) is 13.9. The van der Waals surface area contributed by atoms with E-state index in [0.29, 0.717) is 0 Å². The molecule has 11 rings (SSSR count). The molecule has 1 spiro atoms. The first kappa shape index (κ1) is 27.0. The molecule has 2 aliphatic rings. The van der Waals surface area contributed by atoms with Gasteiger partial charge in [-0.05, 0) is 80.7 Å². The summed E-state index contributed by atoms with van der Waals surface area (Å²) >= 11 is 1.93. The van der Waals surface area contributed by atoms with Crippen LogP contribution in [0.1, 0.15) is 22.3 Å². The summed E-state index contributed by atoms with van der Waals surface area (Å²) in [6.07, 6.45) is 0. The minimum absolute atomic E-state index is 0.391. The van der Waals surface area contributed by atoms with Crippen molar-refractivity contribution in [1.82, 2.24) is 0 Å². The summed E-state index contributed by atoms with van der Waals surface area (Å²) in [6.45, 7) is 0. The number of hydrogen-bond donors (Lipinski definition) is 0. The summed E-state index contributed by atoms with van der Waals surface area (Å²) < 4.78 is 2.70. The van der Waals surface area contributed by atoms with Crippen LogP contribution in [0, 0.1) is 0 Å². The van der Waals surface area contributed by atoms with Gasteiger partial charge in [-0.3, -0.25) is 0 Å². The molecule has 8 aromatic carbocycles. The first-order chi connectivity index (χ1) is 24.3. The maximum absolute atomic E-state index is 2.48. The summed E-state index contributed by atoms with van der Waals surface area (Å²) in [5.74, 6) is 0. The third kappa shape index (κ3) is 3.54. The Morgan fingerprint density at radius 2 is 1.04 bits per heavy atom. The lowest BCUT2D eigenvalue weighted by Crippen LogP contribution is -2.25. The molecule has 0 bridgehead atoms. The molecule has 1 heterocycles. The van der Waals surface area contributed by atoms with Crippen molar-refractivity contribution in [1.29, 1.82) is 0 Å². The maximum atomic E-state index is 2.48. The van der Waals surface area contributed by atoms with Gasteiger partial charge in [0, 0.05) is 42.5 Å². The van der Waals surface area contributed by atoms with E-state index < -0.39 is 5.41 Å². The van der Waals surface area contributed by atoms with E-state index in [4.69, 9.17) is 0 Å². The number of benzene rings is 8. The van der Waals surface area contributed by atoms with E-state index in [1.807, 2.05) is 11.3 Å². The highest BCUT2D eigenvalue weighted by molar-refractivity contribution is 7.26. The second-order valence-corrected chi connectivity index (χ2v) is 14.3. The Bertz CT molecular complexity index is 2740. The van der Waals surface area contributed by atoms with Gasteiger partial charge in [0.25, 0.3) is 0 Å². The van der Waals surface area contributed by atoms with Gasteiger partial charge in [0.15, 0.2) is 0 Å². The molecule has 0 unspecified atom stereocenters. The normalized spacial score (nSPS) is 13.5. The molecule has 1 aromatic heterocycles. The van der Waals surface area contributed by atoms with Crippen molar-refractivity contribution < 1.29 is 0 Å². The standard InChI is InChI=1S/C47H29NS/c1-2-15-31(16-3-1)48(43-23-12-14-30-13-4-5-17-33(30)43)32-25-27-41-38(29-32)45-42(28-26-37-36-20-8-11-24-44(36)49-46(37)45)47(41)39-21-9-6-18-34(39)35-19-7-10-22-40(35)47/h1-29H. The Balaban J connectivity index is 1.27. The predicted octanol–water partition coefficient (Wildman–Crippen LogP) is 13.0. The van der Waals surface area contributed by atoms with Crippen LogP contribution in [0.25, 0.3) is 53.2 Å². The average molecular weight is 640 g/mol. The Morgan fingerprint density at radius 3 is 1.86 bits per heavy atom. The van der Waals surface area contributed by atoms with Crippen molar-refractivity contribution in [3.63, 3.8) is 0 Å². The van der Waals surface area contributed by atoms with Crippen LogP contribution >= 0.6 is 11.3 Å². The molecule has 0 amide bonds. The van der Waals surface area contributed by atoms with E-state index in [-0.39, 0.29) is 0 Å². The fraction of sp³-hybridized carbons (Fsp3) is 0.0213. The van der Waals surface area contributed by atoms with Gasteiger partial charge in [0.1, 0.15) is 0 Å². The van der Waals surface area contributed by atoms with Gasteiger partial charge in [-0.15, -0.1) is 11.3 Å². The zero-order chi connectivity index (χ0) is 32.1. The molecule has 1 nitrogen and oxygen atoms in total. The number of anilines is 3. The van der Waals surface area contributed by atoms with Crippen molar-refractivity contribution in [2.45, 2.75) is 5.41 Å². The highest BCUT2D eigenvalue weighted by Gasteiger charge is 2.52. The van der Waals surface area contributed by atoms with Crippen LogP contribution < -0.4 is 4.90 Å². The third-order valence-electron chi connectivity index (χ3n) is 10.9. The van der Waals surface area contributed by atoms with Crippen molar-refractivity contribution in [2.24, 2.45) is 0 Å². The number of nitrogens with zero attached hydrogens (tertiary/aromatic N) is 1. The molecule has 0 N–H and O–H groups in total. The quantitative estimate of drug-likeness (QED) is 0.186. The van der Waals surface area contributed by atoms with E-state index in [2.05, 4.69) is 181 Å². The minimum Gasteiger partial charge on any atom is -0.310 e. The number of hydrogen-bond acceptors (Lipinski definition) is 2. The van der Waals surface area contributed by atoms with Crippen LogP contribution in [0.4, 0.5) is 17.1 Å². The average Bonchev–Trinajstić information content (AvgIpc) is 3.79. The van der Waals surface area contributed by atoms with Crippen LogP contribution in [0.15, 0.2) is 176 Å². The molecule has 0 saturated carbocycles. The van der Waals surface area contributed by atoms with Crippen molar-refractivity contribution >= 4 is 59.3 Å². The first-order valence-corrected chi connectivity index (χ1v) is 17.8. The molecule has 49 heavy (non-hydrogen) atoms. The van der Waals surface area contributed by atoms with Crippen LogP contribution in [0.2, 0.25) is 0 Å². The van der Waals surface area contributed by atoms with E-state index >= 15 is 0 Å². The molecule has 0 aliphatic heterocycles. The Hall–Kier alpha value is -5.96. The molecule has 0 saturated heterocycles. The zero-order valence-electron chi connectivity index (χ0n) is 26.6. The monoisotopic (exact) mass is 639 g/mol.